The molecule has 1 aliphatic rings. The number of anilines is 1. The van der Waals surface area contributed by atoms with E-state index in [1.165, 1.54) is 24.3 Å². The fourth-order valence-electron chi connectivity index (χ4n) is 2.40. The monoisotopic (exact) mass is 394 g/mol. The van der Waals surface area contributed by atoms with Crippen molar-refractivity contribution < 1.29 is 22.8 Å². The molecule has 0 spiro atoms. The van der Waals surface area contributed by atoms with E-state index in [4.69, 9.17) is 0 Å². The predicted molar refractivity (Wildman–Crippen MR) is 98.0 cm³/mol. The number of amides is 2. The van der Waals surface area contributed by atoms with Crippen molar-refractivity contribution in [2.75, 3.05) is 5.32 Å². The average molecular weight is 394 g/mol. The number of rotatable bonds is 5. The van der Waals surface area contributed by atoms with Gasteiger partial charge in [0.05, 0.1) is 0 Å². The molecule has 0 saturated heterocycles. The van der Waals surface area contributed by atoms with E-state index >= 15 is 0 Å². The van der Waals surface area contributed by atoms with E-state index in [1.807, 2.05) is 0 Å². The highest BCUT2D eigenvalue weighted by molar-refractivity contribution is 8.00. The van der Waals surface area contributed by atoms with E-state index in [-0.39, 0.29) is 34.2 Å². The summed E-state index contributed by atoms with van der Waals surface area (Å²) in [6.07, 6.45) is 1.95. The fourth-order valence-corrected chi connectivity index (χ4v) is 2.94. The molecule has 1 aliphatic carbocycles. The lowest BCUT2D eigenvalue weighted by Crippen LogP contribution is -2.25. The van der Waals surface area contributed by atoms with Crippen molar-refractivity contribution >= 4 is 29.3 Å². The number of halogens is 3. The first-order valence-electron chi connectivity index (χ1n) is 8.30. The molecule has 3 rings (SSSR count). The van der Waals surface area contributed by atoms with Crippen LogP contribution >= 0.6 is 11.8 Å². The minimum absolute atomic E-state index is 0.00831. The average Bonchev–Trinajstić information content (AvgIpc) is 3.40. The molecule has 27 heavy (non-hydrogen) atoms. The molecule has 2 aromatic carbocycles. The van der Waals surface area contributed by atoms with Gasteiger partial charge in [0, 0.05) is 27.8 Å². The van der Waals surface area contributed by atoms with E-state index in [2.05, 4.69) is 10.6 Å². The van der Waals surface area contributed by atoms with Crippen molar-refractivity contribution in [3.8, 4) is 0 Å². The molecular formula is C19H17F3N2O2S. The summed E-state index contributed by atoms with van der Waals surface area (Å²) in [4.78, 5) is 24.5. The van der Waals surface area contributed by atoms with Gasteiger partial charge in [0.1, 0.15) is 0 Å². The summed E-state index contributed by atoms with van der Waals surface area (Å²) in [5.41, 5.74) is -2.44. The maximum Gasteiger partial charge on any atom is 0.446 e. The quantitative estimate of drug-likeness (QED) is 0.720. The van der Waals surface area contributed by atoms with E-state index in [0.717, 1.165) is 18.4 Å². The molecule has 2 amide bonds. The Labute approximate surface area is 158 Å². The molecule has 1 saturated carbocycles. The third-order valence-electron chi connectivity index (χ3n) is 4.01. The van der Waals surface area contributed by atoms with Crippen LogP contribution in [0.3, 0.4) is 0 Å². The molecule has 0 heterocycles. The number of aryl methyl sites for hydroxylation is 1. The number of carbonyl (C=O) groups is 2. The number of hydrogen-bond acceptors (Lipinski definition) is 3. The Hall–Kier alpha value is -2.48. The summed E-state index contributed by atoms with van der Waals surface area (Å²) < 4.78 is 37.1. The second-order valence-electron chi connectivity index (χ2n) is 6.30. The SMILES string of the molecule is Cc1ccc(C(=O)NC2CC2)cc1NC(=O)c1ccc(SC(F)(F)F)cc1. The van der Waals surface area contributed by atoms with Gasteiger partial charge in [-0.05, 0) is 73.5 Å². The number of hydrogen-bond donors (Lipinski definition) is 2. The van der Waals surface area contributed by atoms with Crippen molar-refractivity contribution in [1.82, 2.24) is 5.32 Å². The molecule has 8 heteroatoms. The lowest BCUT2D eigenvalue weighted by atomic mass is 10.1. The molecule has 142 valence electrons. The zero-order valence-corrected chi connectivity index (χ0v) is 15.2. The zero-order valence-electron chi connectivity index (χ0n) is 14.4. The van der Waals surface area contributed by atoms with Crippen LogP contribution in [0.15, 0.2) is 47.4 Å². The molecule has 0 aromatic heterocycles. The molecule has 0 aliphatic heterocycles. The van der Waals surface area contributed by atoms with E-state index < -0.39 is 11.4 Å². The number of alkyl halides is 3. The van der Waals surface area contributed by atoms with Crippen molar-refractivity contribution in [1.29, 1.82) is 0 Å². The zero-order chi connectivity index (χ0) is 19.6. The lowest BCUT2D eigenvalue weighted by molar-refractivity contribution is -0.0328. The van der Waals surface area contributed by atoms with Crippen LogP contribution in [0.1, 0.15) is 39.1 Å². The molecule has 4 nitrogen and oxygen atoms in total. The third kappa shape index (κ3) is 5.50. The van der Waals surface area contributed by atoms with Gasteiger partial charge in [0.2, 0.25) is 0 Å². The van der Waals surface area contributed by atoms with Crippen molar-refractivity contribution in [2.45, 2.75) is 36.2 Å². The Morgan fingerprint density at radius 3 is 2.22 bits per heavy atom. The summed E-state index contributed by atoms with van der Waals surface area (Å²) >= 11 is -0.234. The Bertz CT molecular complexity index is 862. The largest absolute Gasteiger partial charge is 0.446 e. The second-order valence-corrected chi connectivity index (χ2v) is 7.44. The highest BCUT2D eigenvalue weighted by atomic mass is 32.2. The third-order valence-corrected chi connectivity index (χ3v) is 4.75. The van der Waals surface area contributed by atoms with Gasteiger partial charge in [-0.1, -0.05) is 6.07 Å². The number of nitrogens with one attached hydrogen (secondary N) is 2. The summed E-state index contributed by atoms with van der Waals surface area (Å²) in [5.74, 6) is -0.650. The maximum absolute atomic E-state index is 12.4. The van der Waals surface area contributed by atoms with Crippen LogP contribution in [0.2, 0.25) is 0 Å². The summed E-state index contributed by atoms with van der Waals surface area (Å²) in [6, 6.07) is 10.4. The van der Waals surface area contributed by atoms with Gasteiger partial charge >= 0.3 is 5.51 Å². The van der Waals surface area contributed by atoms with Gasteiger partial charge in [-0.3, -0.25) is 9.59 Å². The summed E-state index contributed by atoms with van der Waals surface area (Å²) in [5, 5.41) is 5.59. The van der Waals surface area contributed by atoms with E-state index in [9.17, 15) is 22.8 Å². The molecule has 0 radical (unpaired) electrons. The Kier molecular flexibility index (Phi) is 5.46. The van der Waals surface area contributed by atoms with Crippen LogP contribution in [0.25, 0.3) is 0 Å². The van der Waals surface area contributed by atoms with Crippen LogP contribution in [-0.4, -0.2) is 23.4 Å². The fraction of sp³-hybridized carbons (Fsp3) is 0.263. The number of thioether (sulfide) groups is 1. The molecular weight excluding hydrogens is 377 g/mol. The highest BCUT2D eigenvalue weighted by Crippen LogP contribution is 2.36. The van der Waals surface area contributed by atoms with Crippen LogP contribution in [0.5, 0.6) is 0 Å². The van der Waals surface area contributed by atoms with Gasteiger partial charge in [0.15, 0.2) is 0 Å². The Morgan fingerprint density at radius 2 is 1.63 bits per heavy atom. The van der Waals surface area contributed by atoms with Crippen molar-refractivity contribution in [3.63, 3.8) is 0 Å². The van der Waals surface area contributed by atoms with Gasteiger partial charge in [-0.15, -0.1) is 0 Å². The molecule has 0 unspecified atom stereocenters. The van der Waals surface area contributed by atoms with Crippen molar-refractivity contribution in [3.05, 3.63) is 59.2 Å². The molecule has 0 atom stereocenters. The van der Waals surface area contributed by atoms with Crippen molar-refractivity contribution in [2.24, 2.45) is 0 Å². The standard InChI is InChI=1S/C19H17F3N2O2S/c1-11-2-3-13(18(26)23-14-6-7-14)10-16(11)24-17(25)12-4-8-15(9-5-12)27-19(20,21)22/h2-5,8-10,14H,6-7H2,1H3,(H,23,26)(H,24,25). The Morgan fingerprint density at radius 1 is 1.00 bits per heavy atom. The highest BCUT2D eigenvalue weighted by Gasteiger charge is 2.29. The number of carbonyl (C=O) groups excluding carboxylic acids is 2. The van der Waals surface area contributed by atoms with Gasteiger partial charge in [-0.25, -0.2) is 0 Å². The summed E-state index contributed by atoms with van der Waals surface area (Å²) in [6.45, 7) is 1.79. The first kappa shape index (κ1) is 19.3. The molecule has 0 bridgehead atoms. The van der Waals surface area contributed by atoms with Crippen LogP contribution in [0.4, 0.5) is 18.9 Å². The second kappa shape index (κ2) is 7.64. The van der Waals surface area contributed by atoms with Crippen LogP contribution in [0, 0.1) is 6.92 Å². The normalized spacial score (nSPS) is 13.9. The van der Waals surface area contributed by atoms with E-state index in [1.54, 1.807) is 25.1 Å². The Balaban J connectivity index is 1.70. The molecule has 2 N–H and O–H groups in total. The lowest BCUT2D eigenvalue weighted by Gasteiger charge is -2.11. The maximum atomic E-state index is 12.4. The van der Waals surface area contributed by atoms with Gasteiger partial charge in [0.25, 0.3) is 11.8 Å². The topological polar surface area (TPSA) is 58.2 Å². The smallest absolute Gasteiger partial charge is 0.349 e. The molecule has 2 aromatic rings. The summed E-state index contributed by atoms with van der Waals surface area (Å²) in [7, 11) is 0. The minimum Gasteiger partial charge on any atom is -0.349 e. The van der Waals surface area contributed by atoms with Gasteiger partial charge < -0.3 is 10.6 Å². The van der Waals surface area contributed by atoms with Gasteiger partial charge in [-0.2, -0.15) is 13.2 Å². The minimum atomic E-state index is -4.37. The first-order chi connectivity index (χ1) is 12.7. The molecule has 1 fully saturated rings. The van der Waals surface area contributed by atoms with E-state index in [0.29, 0.717) is 11.3 Å². The predicted octanol–water partition coefficient (Wildman–Crippen LogP) is 4.75. The van der Waals surface area contributed by atoms with Crippen LogP contribution in [-0.2, 0) is 0 Å². The number of benzene rings is 2. The first-order valence-corrected chi connectivity index (χ1v) is 9.11. The van der Waals surface area contributed by atoms with Crippen LogP contribution < -0.4 is 10.6 Å².